The predicted octanol–water partition coefficient (Wildman–Crippen LogP) is 3.82. The molecule has 2 aromatic rings. The zero-order chi connectivity index (χ0) is 14.5. The molecule has 0 heterocycles. The number of ether oxygens (including phenoxy) is 1. The Morgan fingerprint density at radius 1 is 1.05 bits per heavy atom. The average molecular weight is 277 g/mol. The van der Waals surface area contributed by atoms with Crippen LogP contribution in [0.25, 0.3) is 0 Å². The van der Waals surface area contributed by atoms with Gasteiger partial charge in [0.05, 0.1) is 0 Å². The van der Waals surface area contributed by atoms with Crippen molar-refractivity contribution in [3.8, 4) is 5.75 Å². The lowest BCUT2D eigenvalue weighted by Crippen LogP contribution is -2.31. The van der Waals surface area contributed by atoms with Crippen LogP contribution in [0.3, 0.4) is 0 Å². The normalized spacial score (nSPS) is 13.8. The first-order valence-electron chi connectivity index (χ1n) is 6.53. The summed E-state index contributed by atoms with van der Waals surface area (Å²) >= 11 is 0. The van der Waals surface area contributed by atoms with Crippen LogP contribution in [-0.2, 0) is 0 Å². The van der Waals surface area contributed by atoms with Crippen molar-refractivity contribution < 1.29 is 13.5 Å². The summed E-state index contributed by atoms with van der Waals surface area (Å²) in [6.07, 6.45) is 0.147. The van der Waals surface area contributed by atoms with Gasteiger partial charge in [0.15, 0.2) is 0 Å². The highest BCUT2D eigenvalue weighted by atomic mass is 19.1. The molecule has 2 N–H and O–H groups in total. The molecule has 0 aliphatic rings. The molecule has 0 aliphatic carbocycles. The van der Waals surface area contributed by atoms with Gasteiger partial charge in [-0.1, -0.05) is 25.1 Å². The largest absolute Gasteiger partial charge is 0.484 e. The number of benzene rings is 2. The van der Waals surface area contributed by atoms with Crippen LogP contribution in [-0.4, -0.2) is 6.04 Å². The van der Waals surface area contributed by atoms with E-state index in [2.05, 4.69) is 0 Å². The molecule has 106 valence electrons. The summed E-state index contributed by atoms with van der Waals surface area (Å²) in [4.78, 5) is 0. The van der Waals surface area contributed by atoms with E-state index < -0.39 is 6.10 Å². The molecule has 0 radical (unpaired) electrons. The Morgan fingerprint density at radius 2 is 1.70 bits per heavy atom. The smallest absolute Gasteiger partial charge is 0.139 e. The molecule has 2 atom stereocenters. The van der Waals surface area contributed by atoms with Crippen molar-refractivity contribution >= 4 is 0 Å². The Kier molecular flexibility index (Phi) is 4.69. The molecule has 0 fully saturated rings. The predicted molar refractivity (Wildman–Crippen MR) is 74.4 cm³/mol. The lowest BCUT2D eigenvalue weighted by atomic mass is 10.0. The summed E-state index contributed by atoms with van der Waals surface area (Å²) in [7, 11) is 0. The van der Waals surface area contributed by atoms with Crippen LogP contribution in [0.15, 0.2) is 48.5 Å². The Morgan fingerprint density at radius 3 is 2.30 bits per heavy atom. The quantitative estimate of drug-likeness (QED) is 0.901. The van der Waals surface area contributed by atoms with E-state index in [1.165, 1.54) is 24.3 Å². The highest BCUT2D eigenvalue weighted by Crippen LogP contribution is 2.26. The summed E-state index contributed by atoms with van der Waals surface area (Å²) in [5.74, 6) is -0.354. The molecule has 0 saturated heterocycles. The van der Waals surface area contributed by atoms with Gasteiger partial charge in [-0.2, -0.15) is 0 Å². The monoisotopic (exact) mass is 277 g/mol. The molecule has 0 aromatic heterocycles. The fourth-order valence-electron chi connectivity index (χ4n) is 1.99. The lowest BCUT2D eigenvalue weighted by molar-refractivity contribution is 0.170. The Labute approximate surface area is 117 Å². The molecular formula is C16H17F2NO. The van der Waals surface area contributed by atoms with Gasteiger partial charge in [0.25, 0.3) is 0 Å². The van der Waals surface area contributed by atoms with E-state index in [1.54, 1.807) is 24.3 Å². The van der Waals surface area contributed by atoms with Gasteiger partial charge >= 0.3 is 0 Å². The molecule has 0 amide bonds. The highest BCUT2D eigenvalue weighted by molar-refractivity contribution is 5.26. The van der Waals surface area contributed by atoms with Gasteiger partial charge in [-0.25, -0.2) is 8.78 Å². The Hall–Kier alpha value is -1.94. The first-order chi connectivity index (χ1) is 9.60. The standard InChI is InChI=1S/C16H17F2NO/c1-2-15(19)16(11-5-3-6-12(17)9-11)20-14-8-4-7-13(18)10-14/h3-10,15-16H,2,19H2,1H3. The third kappa shape index (κ3) is 3.54. The first-order valence-corrected chi connectivity index (χ1v) is 6.53. The van der Waals surface area contributed by atoms with Crippen molar-refractivity contribution in [2.75, 3.05) is 0 Å². The topological polar surface area (TPSA) is 35.2 Å². The Balaban J connectivity index is 2.29. The van der Waals surface area contributed by atoms with Gasteiger partial charge in [0.1, 0.15) is 23.5 Å². The average Bonchev–Trinajstić information content (AvgIpc) is 2.44. The van der Waals surface area contributed by atoms with Crippen molar-refractivity contribution in [3.05, 3.63) is 65.7 Å². The number of rotatable bonds is 5. The molecule has 0 bridgehead atoms. The SMILES string of the molecule is CCC(N)C(Oc1cccc(F)c1)c1cccc(F)c1. The summed E-state index contributed by atoms with van der Waals surface area (Å²) in [6, 6.07) is 11.6. The molecule has 4 heteroatoms. The van der Waals surface area contributed by atoms with Crippen LogP contribution in [0, 0.1) is 11.6 Å². The van der Waals surface area contributed by atoms with Crippen molar-refractivity contribution in [1.29, 1.82) is 0 Å². The third-order valence-corrected chi connectivity index (χ3v) is 3.10. The minimum absolute atomic E-state index is 0.305. The van der Waals surface area contributed by atoms with Gasteiger partial charge in [-0.15, -0.1) is 0 Å². The summed E-state index contributed by atoms with van der Waals surface area (Å²) in [5.41, 5.74) is 6.69. The molecule has 2 nitrogen and oxygen atoms in total. The van der Waals surface area contributed by atoms with E-state index in [1.807, 2.05) is 6.92 Å². The number of halogens is 2. The van der Waals surface area contributed by atoms with Crippen LogP contribution in [0.1, 0.15) is 25.0 Å². The minimum Gasteiger partial charge on any atom is -0.484 e. The second-order valence-electron chi connectivity index (χ2n) is 4.62. The maximum atomic E-state index is 13.3. The maximum Gasteiger partial charge on any atom is 0.139 e. The minimum atomic E-state index is -0.516. The van der Waals surface area contributed by atoms with Gasteiger partial charge in [-0.3, -0.25) is 0 Å². The Bertz CT molecular complexity index is 574. The van der Waals surface area contributed by atoms with Crippen LogP contribution < -0.4 is 10.5 Å². The second kappa shape index (κ2) is 6.48. The number of hydrogen-bond acceptors (Lipinski definition) is 2. The van der Waals surface area contributed by atoms with Crippen LogP contribution in [0.4, 0.5) is 8.78 Å². The summed E-state index contributed by atoms with van der Waals surface area (Å²) < 4.78 is 32.3. The van der Waals surface area contributed by atoms with Gasteiger partial charge in [0.2, 0.25) is 0 Å². The molecule has 0 aliphatic heterocycles. The molecule has 20 heavy (non-hydrogen) atoms. The molecule has 2 unspecified atom stereocenters. The molecular weight excluding hydrogens is 260 g/mol. The van der Waals surface area contributed by atoms with Gasteiger partial charge in [0, 0.05) is 12.1 Å². The molecule has 2 rings (SSSR count). The fraction of sp³-hybridized carbons (Fsp3) is 0.250. The third-order valence-electron chi connectivity index (χ3n) is 3.10. The van der Waals surface area contributed by atoms with E-state index in [0.717, 1.165) is 0 Å². The van der Waals surface area contributed by atoms with E-state index in [0.29, 0.717) is 17.7 Å². The van der Waals surface area contributed by atoms with E-state index in [-0.39, 0.29) is 17.7 Å². The van der Waals surface area contributed by atoms with Crippen molar-refractivity contribution in [2.24, 2.45) is 5.73 Å². The zero-order valence-corrected chi connectivity index (χ0v) is 11.2. The van der Waals surface area contributed by atoms with Gasteiger partial charge < -0.3 is 10.5 Å². The fourth-order valence-corrected chi connectivity index (χ4v) is 1.99. The summed E-state index contributed by atoms with van der Waals surface area (Å²) in [6.45, 7) is 1.92. The van der Waals surface area contributed by atoms with Gasteiger partial charge in [-0.05, 0) is 36.2 Å². The van der Waals surface area contributed by atoms with Crippen LogP contribution in [0.2, 0.25) is 0 Å². The van der Waals surface area contributed by atoms with Crippen molar-refractivity contribution in [3.63, 3.8) is 0 Å². The molecule has 0 saturated carbocycles. The number of hydrogen-bond donors (Lipinski definition) is 1. The van der Waals surface area contributed by atoms with Crippen LogP contribution in [0.5, 0.6) is 5.75 Å². The van der Waals surface area contributed by atoms with E-state index >= 15 is 0 Å². The van der Waals surface area contributed by atoms with Crippen molar-refractivity contribution in [2.45, 2.75) is 25.5 Å². The van der Waals surface area contributed by atoms with Crippen LogP contribution >= 0.6 is 0 Å². The lowest BCUT2D eigenvalue weighted by Gasteiger charge is -2.24. The zero-order valence-electron chi connectivity index (χ0n) is 11.2. The van der Waals surface area contributed by atoms with Crippen molar-refractivity contribution in [1.82, 2.24) is 0 Å². The van der Waals surface area contributed by atoms with E-state index in [9.17, 15) is 8.78 Å². The molecule has 2 aromatic carbocycles. The summed E-state index contributed by atoms with van der Waals surface area (Å²) in [5, 5.41) is 0. The second-order valence-corrected chi connectivity index (χ2v) is 4.62. The first kappa shape index (κ1) is 14.5. The maximum absolute atomic E-state index is 13.3. The highest BCUT2D eigenvalue weighted by Gasteiger charge is 2.21. The van der Waals surface area contributed by atoms with E-state index in [4.69, 9.17) is 10.5 Å². The molecule has 0 spiro atoms. The number of nitrogens with two attached hydrogens (primary N) is 1.